The van der Waals surface area contributed by atoms with Crippen LogP contribution in [0.3, 0.4) is 0 Å². The molecule has 2 aliphatic rings. The molecule has 3 atom stereocenters. The van der Waals surface area contributed by atoms with Gasteiger partial charge in [0.15, 0.2) is 0 Å². The third-order valence-corrected chi connectivity index (χ3v) is 4.32. The quantitative estimate of drug-likeness (QED) is 0.732. The maximum absolute atomic E-state index is 12.2. The summed E-state index contributed by atoms with van der Waals surface area (Å²) in [5.74, 6) is -0.594. The molecule has 0 unspecified atom stereocenters. The van der Waals surface area contributed by atoms with E-state index in [0.717, 1.165) is 25.7 Å². The smallest absolute Gasteiger partial charge is 0.233 e. The van der Waals surface area contributed by atoms with Gasteiger partial charge in [0.1, 0.15) is 0 Å². The van der Waals surface area contributed by atoms with Crippen LogP contribution in [0.15, 0.2) is 0 Å². The number of imide groups is 1. The summed E-state index contributed by atoms with van der Waals surface area (Å²) in [6.07, 6.45) is 3.81. The largest absolute Gasteiger partial charge is 0.383 e. The van der Waals surface area contributed by atoms with E-state index >= 15 is 0 Å². The van der Waals surface area contributed by atoms with Crippen LogP contribution in [0, 0.1) is 11.8 Å². The van der Waals surface area contributed by atoms with Gasteiger partial charge in [-0.2, -0.15) is 0 Å². The van der Waals surface area contributed by atoms with Crippen molar-refractivity contribution < 1.29 is 19.1 Å². The van der Waals surface area contributed by atoms with Crippen molar-refractivity contribution in [3.63, 3.8) is 0 Å². The lowest BCUT2D eigenvalue weighted by Crippen LogP contribution is -2.39. The SMILES string of the molecule is COC[C@@H](C)NC(=O)CCN1C(=O)[C@H]2CCCC[C@H]2C1=O. The van der Waals surface area contributed by atoms with Gasteiger partial charge < -0.3 is 10.1 Å². The first kappa shape index (κ1) is 15.9. The summed E-state index contributed by atoms with van der Waals surface area (Å²) in [7, 11) is 1.58. The zero-order valence-electron chi connectivity index (χ0n) is 12.8. The van der Waals surface area contributed by atoms with Crippen molar-refractivity contribution in [3.8, 4) is 0 Å². The van der Waals surface area contributed by atoms with E-state index in [2.05, 4.69) is 5.32 Å². The zero-order valence-corrected chi connectivity index (χ0v) is 12.8. The van der Waals surface area contributed by atoms with E-state index in [1.807, 2.05) is 6.92 Å². The number of hydrogen-bond donors (Lipinski definition) is 1. The molecule has 0 spiro atoms. The second-order valence-electron chi connectivity index (χ2n) is 6.00. The maximum atomic E-state index is 12.2. The highest BCUT2D eigenvalue weighted by molar-refractivity contribution is 6.05. The van der Waals surface area contributed by atoms with Crippen molar-refractivity contribution in [2.24, 2.45) is 11.8 Å². The van der Waals surface area contributed by atoms with Crippen LogP contribution < -0.4 is 5.32 Å². The summed E-state index contributed by atoms with van der Waals surface area (Å²) in [5.41, 5.74) is 0. The van der Waals surface area contributed by atoms with Crippen molar-refractivity contribution in [2.45, 2.75) is 45.1 Å². The number of carbonyl (C=O) groups is 3. The molecule has 2 rings (SSSR count). The Hall–Kier alpha value is -1.43. The molecule has 6 heteroatoms. The summed E-state index contributed by atoms with van der Waals surface area (Å²) in [4.78, 5) is 37.6. The van der Waals surface area contributed by atoms with Crippen LogP contribution in [0.25, 0.3) is 0 Å². The first-order valence-electron chi connectivity index (χ1n) is 7.68. The minimum atomic E-state index is -0.157. The number of hydrogen-bond acceptors (Lipinski definition) is 4. The topological polar surface area (TPSA) is 75.7 Å². The second kappa shape index (κ2) is 7.02. The summed E-state index contributed by atoms with van der Waals surface area (Å²) in [6.45, 7) is 2.48. The predicted octanol–water partition coefficient (Wildman–Crippen LogP) is 0.703. The normalized spacial score (nSPS) is 26.7. The average Bonchev–Trinajstić information content (AvgIpc) is 2.70. The van der Waals surface area contributed by atoms with Crippen LogP contribution in [0.4, 0.5) is 0 Å². The van der Waals surface area contributed by atoms with E-state index in [0.29, 0.717) is 6.61 Å². The van der Waals surface area contributed by atoms with Crippen LogP contribution in [0.1, 0.15) is 39.0 Å². The number of ether oxygens (including phenoxy) is 1. The van der Waals surface area contributed by atoms with Crippen LogP contribution in [-0.4, -0.2) is 48.9 Å². The monoisotopic (exact) mass is 296 g/mol. The standard InChI is InChI=1S/C15H24N2O4/c1-10(9-21-2)16-13(18)7-8-17-14(19)11-5-3-4-6-12(11)15(17)20/h10-12H,3-9H2,1-2H3,(H,16,18)/t10-,11-,12+/m1/s1. The lowest BCUT2D eigenvalue weighted by Gasteiger charge is -2.19. The van der Waals surface area contributed by atoms with Gasteiger partial charge in [-0.3, -0.25) is 19.3 Å². The highest BCUT2D eigenvalue weighted by atomic mass is 16.5. The maximum Gasteiger partial charge on any atom is 0.233 e. The second-order valence-corrected chi connectivity index (χ2v) is 6.00. The lowest BCUT2D eigenvalue weighted by molar-refractivity contribution is -0.140. The Morgan fingerprint density at radius 3 is 2.38 bits per heavy atom. The van der Waals surface area contributed by atoms with Gasteiger partial charge in [0, 0.05) is 26.1 Å². The molecular formula is C15H24N2O4. The molecule has 1 aliphatic heterocycles. The first-order valence-corrected chi connectivity index (χ1v) is 7.68. The van der Waals surface area contributed by atoms with Crippen LogP contribution in [0.5, 0.6) is 0 Å². The summed E-state index contributed by atoms with van der Waals surface area (Å²) >= 11 is 0. The fourth-order valence-electron chi connectivity index (χ4n) is 3.30. The molecule has 1 heterocycles. The fourth-order valence-corrected chi connectivity index (χ4v) is 3.30. The molecule has 1 saturated carbocycles. The Bertz CT molecular complexity index is 400. The van der Waals surface area contributed by atoms with Gasteiger partial charge >= 0.3 is 0 Å². The van der Waals surface area contributed by atoms with Gasteiger partial charge in [-0.25, -0.2) is 0 Å². The van der Waals surface area contributed by atoms with Crippen molar-refractivity contribution in [1.29, 1.82) is 0 Å². The van der Waals surface area contributed by atoms with Crippen molar-refractivity contribution >= 4 is 17.7 Å². The van der Waals surface area contributed by atoms with E-state index in [-0.39, 0.29) is 48.6 Å². The number of methoxy groups -OCH3 is 1. The zero-order chi connectivity index (χ0) is 15.4. The highest BCUT2D eigenvalue weighted by Crippen LogP contribution is 2.37. The average molecular weight is 296 g/mol. The van der Waals surface area contributed by atoms with Crippen molar-refractivity contribution in [2.75, 3.05) is 20.3 Å². The minimum absolute atomic E-state index is 0.0740. The molecule has 0 aromatic rings. The van der Waals surface area contributed by atoms with E-state index in [4.69, 9.17) is 4.74 Å². The third-order valence-electron chi connectivity index (χ3n) is 4.32. The molecule has 0 aromatic carbocycles. The van der Waals surface area contributed by atoms with Crippen molar-refractivity contribution in [1.82, 2.24) is 10.2 Å². The predicted molar refractivity (Wildman–Crippen MR) is 76.3 cm³/mol. The number of rotatable bonds is 6. The molecule has 3 amide bonds. The Morgan fingerprint density at radius 1 is 1.29 bits per heavy atom. The van der Waals surface area contributed by atoms with Gasteiger partial charge in [0.25, 0.3) is 0 Å². The number of nitrogens with one attached hydrogen (secondary N) is 1. The van der Waals surface area contributed by atoms with E-state index in [1.165, 1.54) is 4.90 Å². The Balaban J connectivity index is 1.84. The molecule has 21 heavy (non-hydrogen) atoms. The number of nitrogens with zero attached hydrogens (tertiary/aromatic N) is 1. The minimum Gasteiger partial charge on any atom is -0.383 e. The number of carbonyl (C=O) groups excluding carboxylic acids is 3. The molecule has 1 N–H and O–H groups in total. The molecule has 118 valence electrons. The Labute approximate surface area is 125 Å². The highest BCUT2D eigenvalue weighted by Gasteiger charge is 2.47. The number of amides is 3. The molecule has 2 fully saturated rings. The molecule has 6 nitrogen and oxygen atoms in total. The Morgan fingerprint density at radius 2 is 1.86 bits per heavy atom. The number of likely N-dealkylation sites (tertiary alicyclic amines) is 1. The summed E-state index contributed by atoms with van der Waals surface area (Å²) in [6, 6.07) is -0.0740. The lowest BCUT2D eigenvalue weighted by atomic mass is 9.81. The molecule has 0 bridgehead atoms. The van der Waals surface area contributed by atoms with Gasteiger partial charge in [-0.05, 0) is 19.8 Å². The van der Waals surface area contributed by atoms with Gasteiger partial charge in [-0.1, -0.05) is 12.8 Å². The molecule has 0 aromatic heterocycles. The first-order chi connectivity index (χ1) is 10.0. The molecule has 1 aliphatic carbocycles. The van der Waals surface area contributed by atoms with E-state index in [9.17, 15) is 14.4 Å². The summed E-state index contributed by atoms with van der Waals surface area (Å²) < 4.78 is 4.95. The fraction of sp³-hybridized carbons (Fsp3) is 0.800. The molecular weight excluding hydrogens is 272 g/mol. The van der Waals surface area contributed by atoms with Gasteiger partial charge in [0.05, 0.1) is 18.4 Å². The molecule has 1 saturated heterocycles. The van der Waals surface area contributed by atoms with E-state index in [1.54, 1.807) is 7.11 Å². The van der Waals surface area contributed by atoms with Crippen LogP contribution in [0.2, 0.25) is 0 Å². The van der Waals surface area contributed by atoms with E-state index < -0.39 is 0 Å². The van der Waals surface area contributed by atoms with Crippen LogP contribution >= 0.6 is 0 Å². The third kappa shape index (κ3) is 3.61. The van der Waals surface area contributed by atoms with Gasteiger partial charge in [-0.15, -0.1) is 0 Å². The van der Waals surface area contributed by atoms with Gasteiger partial charge in [0.2, 0.25) is 17.7 Å². The van der Waals surface area contributed by atoms with Crippen molar-refractivity contribution in [3.05, 3.63) is 0 Å². The molecule has 0 radical (unpaired) electrons. The van der Waals surface area contributed by atoms with Crippen LogP contribution in [-0.2, 0) is 19.1 Å². The Kier molecular flexibility index (Phi) is 5.33. The number of fused-ring (bicyclic) bond motifs is 1. The summed E-state index contributed by atoms with van der Waals surface area (Å²) in [5, 5.41) is 2.78.